The molecular formula is C14H21NO2. The third kappa shape index (κ3) is 4.46. The van der Waals surface area contributed by atoms with Crippen LogP contribution in [0.1, 0.15) is 18.4 Å². The summed E-state index contributed by atoms with van der Waals surface area (Å²) in [6, 6.07) is 10.9. The van der Waals surface area contributed by atoms with E-state index in [0.717, 1.165) is 19.7 Å². The summed E-state index contributed by atoms with van der Waals surface area (Å²) in [7, 11) is 0. The van der Waals surface area contributed by atoms with E-state index in [1.807, 2.05) is 18.2 Å². The lowest BCUT2D eigenvalue weighted by molar-refractivity contribution is 0.0830. The van der Waals surface area contributed by atoms with E-state index >= 15 is 0 Å². The molecule has 3 nitrogen and oxygen atoms in total. The van der Waals surface area contributed by atoms with Crippen LogP contribution in [-0.2, 0) is 11.3 Å². The zero-order valence-electron chi connectivity index (χ0n) is 10.2. The van der Waals surface area contributed by atoms with Crippen molar-refractivity contribution in [3.63, 3.8) is 0 Å². The summed E-state index contributed by atoms with van der Waals surface area (Å²) in [5, 5.41) is 8.97. The molecule has 1 fully saturated rings. The van der Waals surface area contributed by atoms with Gasteiger partial charge in [0, 0.05) is 19.1 Å². The van der Waals surface area contributed by atoms with E-state index in [-0.39, 0.29) is 6.61 Å². The second kappa shape index (κ2) is 6.74. The summed E-state index contributed by atoms with van der Waals surface area (Å²) in [6.07, 6.45) is 2.55. The Morgan fingerprint density at radius 2 is 1.94 bits per heavy atom. The molecule has 0 heterocycles. The van der Waals surface area contributed by atoms with Gasteiger partial charge in [0.25, 0.3) is 0 Å². The smallest absolute Gasteiger partial charge is 0.0717 e. The maximum absolute atomic E-state index is 8.97. The fourth-order valence-electron chi connectivity index (χ4n) is 1.99. The number of hydrogen-bond acceptors (Lipinski definition) is 3. The number of nitrogens with zero attached hydrogens (tertiary/aromatic N) is 1. The fraction of sp³-hybridized carbons (Fsp3) is 0.571. The van der Waals surface area contributed by atoms with Gasteiger partial charge in [-0.05, 0) is 18.4 Å². The minimum absolute atomic E-state index is 0.245. The van der Waals surface area contributed by atoms with E-state index in [9.17, 15) is 0 Å². The number of hydrogen-bond donors (Lipinski definition) is 1. The highest BCUT2D eigenvalue weighted by Gasteiger charge is 2.27. The van der Waals surface area contributed by atoms with E-state index in [4.69, 9.17) is 9.84 Å². The Hall–Kier alpha value is -0.900. The molecule has 0 unspecified atom stereocenters. The molecule has 0 atom stereocenters. The molecule has 17 heavy (non-hydrogen) atoms. The first kappa shape index (κ1) is 12.6. The number of ether oxygens (including phenoxy) is 1. The zero-order chi connectivity index (χ0) is 11.9. The van der Waals surface area contributed by atoms with Crippen LogP contribution in [0.2, 0.25) is 0 Å². The quantitative estimate of drug-likeness (QED) is 0.696. The average Bonchev–Trinajstić information content (AvgIpc) is 3.19. The van der Waals surface area contributed by atoms with Crippen molar-refractivity contribution >= 4 is 0 Å². The van der Waals surface area contributed by atoms with Gasteiger partial charge in [-0.3, -0.25) is 4.90 Å². The molecule has 1 N–H and O–H groups in total. The Morgan fingerprint density at radius 3 is 2.59 bits per heavy atom. The van der Waals surface area contributed by atoms with Crippen molar-refractivity contribution in [1.82, 2.24) is 4.90 Å². The van der Waals surface area contributed by atoms with E-state index in [1.54, 1.807) is 0 Å². The van der Waals surface area contributed by atoms with Gasteiger partial charge in [-0.15, -0.1) is 0 Å². The predicted octanol–water partition coefficient (Wildman–Crippen LogP) is 1.66. The SMILES string of the molecule is OCCN(CCOCc1ccccc1)C1CC1. The first-order chi connectivity index (χ1) is 8.40. The number of benzene rings is 1. The number of aliphatic hydroxyl groups is 1. The summed E-state index contributed by atoms with van der Waals surface area (Å²) in [4.78, 5) is 2.32. The van der Waals surface area contributed by atoms with Gasteiger partial charge >= 0.3 is 0 Å². The van der Waals surface area contributed by atoms with Crippen molar-refractivity contribution in [3.8, 4) is 0 Å². The third-order valence-corrected chi connectivity index (χ3v) is 3.08. The van der Waals surface area contributed by atoms with Crippen molar-refractivity contribution in [1.29, 1.82) is 0 Å². The molecule has 94 valence electrons. The van der Waals surface area contributed by atoms with Crippen molar-refractivity contribution in [2.75, 3.05) is 26.3 Å². The van der Waals surface area contributed by atoms with Crippen molar-refractivity contribution in [2.24, 2.45) is 0 Å². The monoisotopic (exact) mass is 235 g/mol. The van der Waals surface area contributed by atoms with Crippen LogP contribution < -0.4 is 0 Å². The van der Waals surface area contributed by atoms with Gasteiger partial charge in [-0.1, -0.05) is 30.3 Å². The molecule has 1 aliphatic carbocycles. The third-order valence-electron chi connectivity index (χ3n) is 3.08. The maximum Gasteiger partial charge on any atom is 0.0717 e. The van der Waals surface area contributed by atoms with E-state index in [2.05, 4.69) is 17.0 Å². The summed E-state index contributed by atoms with van der Waals surface area (Å²) in [5.41, 5.74) is 1.22. The molecule has 0 spiro atoms. The largest absolute Gasteiger partial charge is 0.395 e. The van der Waals surface area contributed by atoms with Crippen LogP contribution in [0.5, 0.6) is 0 Å². The van der Waals surface area contributed by atoms with Crippen LogP contribution >= 0.6 is 0 Å². The maximum atomic E-state index is 8.97. The predicted molar refractivity (Wildman–Crippen MR) is 67.8 cm³/mol. The topological polar surface area (TPSA) is 32.7 Å². The fourth-order valence-corrected chi connectivity index (χ4v) is 1.99. The van der Waals surface area contributed by atoms with E-state index in [1.165, 1.54) is 18.4 Å². The van der Waals surface area contributed by atoms with Crippen LogP contribution in [0.3, 0.4) is 0 Å². The molecule has 0 bridgehead atoms. The Balaban J connectivity index is 1.61. The molecule has 0 saturated heterocycles. The minimum atomic E-state index is 0.245. The Bertz CT molecular complexity index is 311. The molecular weight excluding hydrogens is 214 g/mol. The summed E-state index contributed by atoms with van der Waals surface area (Å²) < 4.78 is 5.65. The van der Waals surface area contributed by atoms with Crippen LogP contribution in [0, 0.1) is 0 Å². The zero-order valence-corrected chi connectivity index (χ0v) is 10.2. The first-order valence-electron chi connectivity index (χ1n) is 6.36. The standard InChI is InChI=1S/C14H21NO2/c16-10-8-15(14-6-7-14)9-11-17-12-13-4-2-1-3-5-13/h1-5,14,16H,6-12H2. The van der Waals surface area contributed by atoms with Gasteiger partial charge in [0.1, 0.15) is 0 Å². The number of rotatable bonds is 8. The molecule has 1 saturated carbocycles. The lowest BCUT2D eigenvalue weighted by Gasteiger charge is -2.20. The normalized spacial score (nSPS) is 15.4. The number of aliphatic hydroxyl groups excluding tert-OH is 1. The molecule has 1 aliphatic rings. The molecule has 2 rings (SSSR count). The lowest BCUT2D eigenvalue weighted by Crippen LogP contribution is -2.32. The van der Waals surface area contributed by atoms with E-state index in [0.29, 0.717) is 12.6 Å². The van der Waals surface area contributed by atoms with Crippen LogP contribution in [0.15, 0.2) is 30.3 Å². The van der Waals surface area contributed by atoms with Gasteiger partial charge in [0.05, 0.1) is 19.8 Å². The second-order valence-electron chi connectivity index (χ2n) is 4.53. The van der Waals surface area contributed by atoms with Gasteiger partial charge in [0.2, 0.25) is 0 Å². The van der Waals surface area contributed by atoms with Gasteiger partial charge in [0.15, 0.2) is 0 Å². The van der Waals surface area contributed by atoms with Gasteiger partial charge < -0.3 is 9.84 Å². The highest BCUT2D eigenvalue weighted by molar-refractivity contribution is 5.13. The highest BCUT2D eigenvalue weighted by atomic mass is 16.5. The molecule has 3 heteroatoms. The lowest BCUT2D eigenvalue weighted by atomic mass is 10.2. The van der Waals surface area contributed by atoms with Gasteiger partial charge in [-0.25, -0.2) is 0 Å². The minimum Gasteiger partial charge on any atom is -0.395 e. The Labute approximate surface area is 103 Å². The first-order valence-corrected chi connectivity index (χ1v) is 6.36. The van der Waals surface area contributed by atoms with Crippen LogP contribution in [-0.4, -0.2) is 42.4 Å². The van der Waals surface area contributed by atoms with E-state index < -0.39 is 0 Å². The summed E-state index contributed by atoms with van der Waals surface area (Å²) in [5.74, 6) is 0. The van der Waals surface area contributed by atoms with Crippen molar-refractivity contribution in [3.05, 3.63) is 35.9 Å². The summed E-state index contributed by atoms with van der Waals surface area (Å²) >= 11 is 0. The molecule has 0 aliphatic heterocycles. The Morgan fingerprint density at radius 1 is 1.18 bits per heavy atom. The highest BCUT2D eigenvalue weighted by Crippen LogP contribution is 2.26. The molecule has 1 aromatic carbocycles. The molecule has 0 amide bonds. The second-order valence-corrected chi connectivity index (χ2v) is 4.53. The molecule has 0 radical (unpaired) electrons. The van der Waals surface area contributed by atoms with Crippen molar-refractivity contribution < 1.29 is 9.84 Å². The molecule has 0 aromatic heterocycles. The average molecular weight is 235 g/mol. The van der Waals surface area contributed by atoms with Crippen molar-refractivity contribution in [2.45, 2.75) is 25.5 Å². The van der Waals surface area contributed by atoms with Crippen LogP contribution in [0.4, 0.5) is 0 Å². The van der Waals surface area contributed by atoms with Gasteiger partial charge in [-0.2, -0.15) is 0 Å². The molecule has 1 aromatic rings. The Kier molecular flexibility index (Phi) is 4.98. The van der Waals surface area contributed by atoms with Crippen LogP contribution in [0.25, 0.3) is 0 Å². The summed E-state index contributed by atoms with van der Waals surface area (Å²) in [6.45, 7) is 3.37.